The molecule has 1 spiro atoms. The second kappa shape index (κ2) is 6.14. The lowest BCUT2D eigenvalue weighted by Crippen LogP contribution is -2.57. The van der Waals surface area contributed by atoms with Gasteiger partial charge in [-0.05, 0) is 50.0 Å². The highest BCUT2D eigenvalue weighted by atomic mass is 35.5. The summed E-state index contributed by atoms with van der Waals surface area (Å²) < 4.78 is 20.2. The lowest BCUT2D eigenvalue weighted by atomic mass is 9.63. The van der Waals surface area contributed by atoms with E-state index in [9.17, 15) is 19.1 Å². The number of nitrogens with zero attached hydrogens (tertiary/aromatic N) is 1. The van der Waals surface area contributed by atoms with Crippen LogP contribution in [0.2, 0.25) is 5.02 Å². The first-order valence-electron chi connectivity index (χ1n) is 10.0. The molecule has 158 valence electrons. The van der Waals surface area contributed by atoms with E-state index in [-0.39, 0.29) is 34.4 Å². The number of rotatable bonds is 1. The van der Waals surface area contributed by atoms with E-state index in [1.807, 2.05) is 6.92 Å². The molecule has 0 radical (unpaired) electrons. The molecule has 3 unspecified atom stereocenters. The van der Waals surface area contributed by atoms with E-state index in [1.165, 1.54) is 24.3 Å². The van der Waals surface area contributed by atoms with Crippen molar-refractivity contribution < 1.29 is 28.7 Å². The van der Waals surface area contributed by atoms with Crippen molar-refractivity contribution in [2.75, 3.05) is 0 Å². The van der Waals surface area contributed by atoms with Crippen LogP contribution in [-0.2, 0) is 19.2 Å². The Labute approximate surface area is 177 Å². The van der Waals surface area contributed by atoms with Crippen molar-refractivity contribution in [3.05, 3.63) is 46.8 Å². The molecule has 4 aliphatic rings. The van der Waals surface area contributed by atoms with E-state index in [4.69, 9.17) is 21.2 Å². The highest BCUT2D eigenvalue weighted by molar-refractivity contribution is 6.34. The number of benzene rings is 1. The molecule has 1 aromatic rings. The van der Waals surface area contributed by atoms with E-state index < -0.39 is 40.4 Å². The molecule has 2 aliphatic heterocycles. The molecule has 0 amide bonds. The molecule has 6 atom stereocenters. The molecule has 1 aromatic carbocycles. The quantitative estimate of drug-likeness (QED) is 0.687. The average Bonchev–Trinajstić information content (AvgIpc) is 3.31. The third-order valence-electron chi connectivity index (χ3n) is 7.61. The predicted molar refractivity (Wildman–Crippen MR) is 105 cm³/mol. The topological polar surface area (TPSA) is 85.2 Å². The lowest BCUT2D eigenvalue weighted by Gasteiger charge is -2.43. The van der Waals surface area contributed by atoms with E-state index in [0.717, 1.165) is 0 Å². The van der Waals surface area contributed by atoms with Gasteiger partial charge in [0.15, 0.2) is 5.78 Å². The van der Waals surface area contributed by atoms with Crippen LogP contribution in [0.15, 0.2) is 35.5 Å². The Balaban J connectivity index is 1.56. The van der Waals surface area contributed by atoms with Gasteiger partial charge < -0.3 is 14.7 Å². The van der Waals surface area contributed by atoms with E-state index in [0.29, 0.717) is 12.8 Å². The first kappa shape index (κ1) is 19.7. The number of carbonyl (C=O) groups is 2. The Kier molecular flexibility index (Phi) is 4.03. The third kappa shape index (κ3) is 2.20. The van der Waals surface area contributed by atoms with Crippen molar-refractivity contribution >= 4 is 29.1 Å². The van der Waals surface area contributed by atoms with E-state index >= 15 is 0 Å². The fourth-order valence-electron chi connectivity index (χ4n) is 5.70. The zero-order chi connectivity index (χ0) is 21.5. The Hall–Kier alpha value is -2.25. The molecular formula is C22H21ClFNO5. The lowest BCUT2D eigenvalue weighted by molar-refractivity contribution is -0.169. The molecule has 30 heavy (non-hydrogen) atoms. The fourth-order valence-corrected chi connectivity index (χ4v) is 5.98. The maximum Gasteiger partial charge on any atom is 0.354 e. The Morgan fingerprint density at radius 2 is 2.07 bits per heavy atom. The molecule has 8 heteroatoms. The summed E-state index contributed by atoms with van der Waals surface area (Å²) in [6, 6.07) is 4.29. The van der Waals surface area contributed by atoms with Crippen molar-refractivity contribution in [1.82, 2.24) is 0 Å². The number of ketones is 1. The van der Waals surface area contributed by atoms with Crippen LogP contribution in [0.1, 0.15) is 38.7 Å². The number of allylic oxidation sites excluding steroid dienone is 1. The molecule has 2 aliphatic carbocycles. The number of oxime groups is 1. The van der Waals surface area contributed by atoms with Crippen LogP contribution in [0.25, 0.3) is 0 Å². The maximum atomic E-state index is 14.4. The second-order valence-electron chi connectivity index (χ2n) is 8.93. The number of hydrogen-bond acceptors (Lipinski definition) is 6. The summed E-state index contributed by atoms with van der Waals surface area (Å²) in [6.45, 7) is 3.53. The SMILES string of the molecule is C[C@H]1CCC2C(OC(=O)C23CC(c2c(F)cccc2Cl)=NO3)[C@]2(C)C(=O)C=C[C@@]12O. The summed E-state index contributed by atoms with van der Waals surface area (Å²) in [5.74, 6) is -2.25. The largest absolute Gasteiger partial charge is 0.458 e. The molecule has 1 saturated heterocycles. The molecule has 6 nitrogen and oxygen atoms in total. The van der Waals surface area contributed by atoms with Gasteiger partial charge in [0.05, 0.1) is 22.2 Å². The monoisotopic (exact) mass is 433 g/mol. The number of ether oxygens (including phenoxy) is 1. The summed E-state index contributed by atoms with van der Waals surface area (Å²) in [4.78, 5) is 31.7. The van der Waals surface area contributed by atoms with Crippen LogP contribution in [0, 0.1) is 23.1 Å². The van der Waals surface area contributed by atoms with E-state index in [1.54, 1.807) is 13.0 Å². The standard InChI is InChI=1S/C22H21ClFNO5/c1-11-6-7-12-18(20(2)16(26)8-9-22(11,20)28)29-19(27)21(12)10-15(25-30-21)17-13(23)4-3-5-14(17)24/h3-5,8-9,11-12,18,28H,6-7,10H2,1-2H3/t11-,12?,18?,20-,21?,22+/m0/s1. The van der Waals surface area contributed by atoms with Gasteiger partial charge in [-0.3, -0.25) is 4.79 Å². The molecule has 1 saturated carbocycles. The minimum Gasteiger partial charge on any atom is -0.458 e. The van der Waals surface area contributed by atoms with Gasteiger partial charge in [0.1, 0.15) is 22.9 Å². The number of hydrogen-bond donors (Lipinski definition) is 1. The Morgan fingerprint density at radius 1 is 1.30 bits per heavy atom. The van der Waals surface area contributed by atoms with Crippen LogP contribution < -0.4 is 0 Å². The predicted octanol–water partition coefficient (Wildman–Crippen LogP) is 3.19. The molecule has 1 N–H and O–H groups in total. The van der Waals surface area contributed by atoms with Crippen molar-refractivity contribution in [1.29, 1.82) is 0 Å². The maximum absolute atomic E-state index is 14.4. The van der Waals surface area contributed by atoms with Crippen molar-refractivity contribution in [2.45, 2.75) is 50.4 Å². The van der Waals surface area contributed by atoms with E-state index in [2.05, 4.69) is 5.16 Å². The molecule has 0 aromatic heterocycles. The van der Waals surface area contributed by atoms with Crippen LogP contribution >= 0.6 is 11.6 Å². The first-order valence-corrected chi connectivity index (χ1v) is 10.4. The Bertz CT molecular complexity index is 1020. The average molecular weight is 434 g/mol. The smallest absolute Gasteiger partial charge is 0.354 e. The molecule has 2 fully saturated rings. The van der Waals surface area contributed by atoms with Crippen molar-refractivity contribution in [2.24, 2.45) is 22.4 Å². The van der Waals surface area contributed by atoms with Gasteiger partial charge in [0.2, 0.25) is 5.60 Å². The molecule has 2 heterocycles. The second-order valence-corrected chi connectivity index (χ2v) is 9.34. The number of carbonyl (C=O) groups excluding carboxylic acids is 2. The highest BCUT2D eigenvalue weighted by Gasteiger charge is 2.73. The summed E-state index contributed by atoms with van der Waals surface area (Å²) in [5.41, 5.74) is -3.90. The van der Waals surface area contributed by atoms with Gasteiger partial charge in [-0.1, -0.05) is 29.7 Å². The van der Waals surface area contributed by atoms with Gasteiger partial charge in [0, 0.05) is 6.42 Å². The number of fused-ring (bicyclic) bond motifs is 4. The molecular weight excluding hydrogens is 413 g/mol. The molecule has 0 bridgehead atoms. The van der Waals surface area contributed by atoms with Gasteiger partial charge in [-0.2, -0.15) is 0 Å². The molecule has 5 rings (SSSR count). The van der Waals surface area contributed by atoms with Crippen LogP contribution in [0.4, 0.5) is 4.39 Å². The summed E-state index contributed by atoms with van der Waals surface area (Å²) in [7, 11) is 0. The van der Waals surface area contributed by atoms with Crippen molar-refractivity contribution in [3.8, 4) is 0 Å². The summed E-state index contributed by atoms with van der Waals surface area (Å²) in [5, 5.41) is 15.6. The number of aliphatic hydroxyl groups is 1. The zero-order valence-corrected chi connectivity index (χ0v) is 17.3. The minimum absolute atomic E-state index is 0.0157. The normalized spacial score (nSPS) is 41.9. The van der Waals surface area contributed by atoms with Gasteiger partial charge >= 0.3 is 5.97 Å². The van der Waals surface area contributed by atoms with Crippen LogP contribution in [0.5, 0.6) is 0 Å². The fraction of sp³-hybridized carbons (Fsp3) is 0.500. The van der Waals surface area contributed by atoms with Crippen LogP contribution in [-0.4, -0.2) is 39.9 Å². The highest BCUT2D eigenvalue weighted by Crippen LogP contribution is 2.59. The third-order valence-corrected chi connectivity index (χ3v) is 7.92. The summed E-state index contributed by atoms with van der Waals surface area (Å²) in [6.07, 6.45) is 3.05. The van der Waals surface area contributed by atoms with Crippen molar-refractivity contribution in [3.63, 3.8) is 0 Å². The first-order chi connectivity index (χ1) is 14.1. The van der Waals surface area contributed by atoms with Crippen LogP contribution in [0.3, 0.4) is 0 Å². The van der Waals surface area contributed by atoms with Gasteiger partial charge in [0.25, 0.3) is 0 Å². The number of halogens is 2. The number of esters is 1. The van der Waals surface area contributed by atoms with Gasteiger partial charge in [-0.25, -0.2) is 9.18 Å². The zero-order valence-electron chi connectivity index (χ0n) is 16.5. The summed E-state index contributed by atoms with van der Waals surface area (Å²) >= 11 is 6.18. The Morgan fingerprint density at radius 3 is 2.80 bits per heavy atom. The van der Waals surface area contributed by atoms with Gasteiger partial charge in [-0.15, -0.1) is 0 Å². The minimum atomic E-state index is -1.47.